The van der Waals surface area contributed by atoms with Gasteiger partial charge < -0.3 is 11.1 Å². The molecule has 0 atom stereocenters. The molecule has 5 heteroatoms. The van der Waals surface area contributed by atoms with Crippen molar-refractivity contribution in [1.82, 2.24) is 0 Å². The Kier molecular flexibility index (Phi) is 4.14. The summed E-state index contributed by atoms with van der Waals surface area (Å²) in [6, 6.07) is 10.8. The second-order valence-electron chi connectivity index (χ2n) is 3.71. The number of nitrogens with two attached hydrogens (primary N) is 1. The van der Waals surface area contributed by atoms with E-state index < -0.39 is 0 Å². The van der Waals surface area contributed by atoms with Crippen LogP contribution in [0.2, 0.25) is 0 Å². The Morgan fingerprint density at radius 2 is 1.89 bits per heavy atom. The normalized spacial score (nSPS) is 10.4. The highest BCUT2D eigenvalue weighted by atomic mass is 79.9. The fraction of sp³-hybridized carbons (Fsp3) is 0.0769. The largest absolute Gasteiger partial charge is 0.397 e. The Balaban J connectivity index is 2.25. The molecular weight excluding hydrogens is 315 g/mol. The minimum absolute atomic E-state index is 0.340. The molecule has 0 heterocycles. The van der Waals surface area contributed by atoms with Crippen molar-refractivity contribution in [2.75, 3.05) is 17.3 Å². The molecule has 2 rings (SSSR count). The van der Waals surface area contributed by atoms with Gasteiger partial charge in [-0.25, -0.2) is 4.39 Å². The first-order chi connectivity index (χ1) is 8.60. The maximum Gasteiger partial charge on any atom is 0.139 e. The lowest BCUT2D eigenvalue weighted by Crippen LogP contribution is -1.97. The van der Waals surface area contributed by atoms with Gasteiger partial charge >= 0.3 is 0 Å². The number of benzene rings is 2. The molecule has 18 heavy (non-hydrogen) atoms. The van der Waals surface area contributed by atoms with Gasteiger partial charge in [-0.3, -0.25) is 0 Å². The number of hydrogen-bond acceptors (Lipinski definition) is 3. The van der Waals surface area contributed by atoms with Crippen LogP contribution < -0.4 is 11.1 Å². The number of hydrogen-bond donors (Lipinski definition) is 2. The zero-order chi connectivity index (χ0) is 13.1. The molecule has 0 unspecified atom stereocenters. The van der Waals surface area contributed by atoms with Crippen LogP contribution >= 0.6 is 27.7 Å². The summed E-state index contributed by atoms with van der Waals surface area (Å²) >= 11 is 4.77. The Bertz CT molecular complexity index is 558. The van der Waals surface area contributed by atoms with Crippen LogP contribution in [-0.4, -0.2) is 6.26 Å². The van der Waals surface area contributed by atoms with Gasteiger partial charge in [0.15, 0.2) is 0 Å². The fourth-order valence-corrected chi connectivity index (χ4v) is 2.27. The topological polar surface area (TPSA) is 38.0 Å². The molecule has 0 fully saturated rings. The van der Waals surface area contributed by atoms with Crippen molar-refractivity contribution in [2.45, 2.75) is 4.90 Å². The highest BCUT2D eigenvalue weighted by Gasteiger charge is 2.06. The predicted molar refractivity (Wildman–Crippen MR) is 80.0 cm³/mol. The summed E-state index contributed by atoms with van der Waals surface area (Å²) in [5.41, 5.74) is 7.77. The van der Waals surface area contributed by atoms with E-state index in [1.165, 1.54) is 11.0 Å². The number of thioether (sulfide) groups is 1. The zero-order valence-corrected chi connectivity index (χ0v) is 12.1. The molecule has 0 spiro atoms. The van der Waals surface area contributed by atoms with Gasteiger partial charge in [0.05, 0.1) is 15.8 Å². The Morgan fingerprint density at radius 3 is 2.50 bits per heavy atom. The quantitative estimate of drug-likeness (QED) is 0.637. The molecule has 0 aromatic heterocycles. The fourth-order valence-electron chi connectivity index (χ4n) is 1.50. The van der Waals surface area contributed by atoms with Crippen LogP contribution in [0.4, 0.5) is 21.5 Å². The number of anilines is 3. The molecule has 2 aromatic carbocycles. The lowest BCUT2D eigenvalue weighted by molar-refractivity contribution is 0.622. The first-order valence-corrected chi connectivity index (χ1v) is 7.27. The third kappa shape index (κ3) is 2.97. The molecule has 0 aliphatic carbocycles. The average molecular weight is 327 g/mol. The van der Waals surface area contributed by atoms with Gasteiger partial charge in [-0.15, -0.1) is 11.8 Å². The van der Waals surface area contributed by atoms with Crippen LogP contribution in [-0.2, 0) is 0 Å². The molecule has 0 saturated carbocycles. The van der Waals surface area contributed by atoms with Gasteiger partial charge in [0.1, 0.15) is 5.82 Å². The van der Waals surface area contributed by atoms with Gasteiger partial charge in [-0.2, -0.15) is 0 Å². The Hall–Kier alpha value is -1.20. The van der Waals surface area contributed by atoms with Crippen molar-refractivity contribution in [3.05, 3.63) is 46.7 Å². The molecule has 2 nitrogen and oxygen atoms in total. The van der Waals surface area contributed by atoms with Gasteiger partial charge in [-0.1, -0.05) is 0 Å². The summed E-state index contributed by atoms with van der Waals surface area (Å²) < 4.78 is 13.8. The van der Waals surface area contributed by atoms with Gasteiger partial charge in [0.25, 0.3) is 0 Å². The summed E-state index contributed by atoms with van der Waals surface area (Å²) in [4.78, 5) is 1.18. The smallest absolute Gasteiger partial charge is 0.139 e. The molecular formula is C13H12BrFN2S. The summed E-state index contributed by atoms with van der Waals surface area (Å²) in [5.74, 6) is -0.340. The molecule has 0 amide bonds. The summed E-state index contributed by atoms with van der Waals surface area (Å²) in [6.07, 6.45) is 2.02. The lowest BCUT2D eigenvalue weighted by Gasteiger charge is -2.10. The summed E-state index contributed by atoms with van der Waals surface area (Å²) in [7, 11) is 0. The summed E-state index contributed by atoms with van der Waals surface area (Å²) in [5, 5.41) is 3.10. The van der Waals surface area contributed by atoms with Crippen molar-refractivity contribution in [1.29, 1.82) is 0 Å². The van der Waals surface area contributed by atoms with Crippen LogP contribution in [0.3, 0.4) is 0 Å². The van der Waals surface area contributed by atoms with Crippen molar-refractivity contribution in [2.24, 2.45) is 0 Å². The van der Waals surface area contributed by atoms with Crippen molar-refractivity contribution in [3.63, 3.8) is 0 Å². The van der Waals surface area contributed by atoms with E-state index in [9.17, 15) is 4.39 Å². The molecule has 0 bridgehead atoms. The SMILES string of the molecule is CSc1ccc(Nc2cc(F)c(Br)cc2N)cc1. The maximum atomic E-state index is 13.4. The van der Waals surface area contributed by atoms with Crippen LogP contribution in [0.25, 0.3) is 0 Å². The van der Waals surface area contributed by atoms with Crippen LogP contribution in [0.15, 0.2) is 45.8 Å². The van der Waals surface area contributed by atoms with E-state index >= 15 is 0 Å². The van der Waals surface area contributed by atoms with E-state index in [0.717, 1.165) is 5.69 Å². The lowest BCUT2D eigenvalue weighted by atomic mass is 10.2. The van der Waals surface area contributed by atoms with Crippen molar-refractivity contribution in [3.8, 4) is 0 Å². The van der Waals surface area contributed by atoms with E-state index in [2.05, 4.69) is 21.2 Å². The van der Waals surface area contributed by atoms with Gasteiger partial charge in [0, 0.05) is 16.6 Å². The second-order valence-corrected chi connectivity index (χ2v) is 5.44. The van der Waals surface area contributed by atoms with Crippen molar-refractivity contribution >= 4 is 44.8 Å². The van der Waals surface area contributed by atoms with Crippen molar-refractivity contribution < 1.29 is 4.39 Å². The first kappa shape index (κ1) is 13.2. The number of halogens is 2. The van der Waals surface area contributed by atoms with Gasteiger partial charge in [0.2, 0.25) is 0 Å². The molecule has 2 aromatic rings. The maximum absolute atomic E-state index is 13.4. The molecule has 94 valence electrons. The van der Waals surface area contributed by atoms with Gasteiger partial charge in [-0.05, 0) is 52.5 Å². The van der Waals surface area contributed by atoms with E-state index in [4.69, 9.17) is 5.73 Å². The predicted octanol–water partition coefficient (Wildman–Crippen LogP) is 4.64. The van der Waals surface area contributed by atoms with E-state index in [1.54, 1.807) is 17.8 Å². The minimum Gasteiger partial charge on any atom is -0.397 e. The summed E-state index contributed by atoms with van der Waals surface area (Å²) in [6.45, 7) is 0. The van der Waals surface area contributed by atoms with Crippen LogP contribution in [0.5, 0.6) is 0 Å². The first-order valence-electron chi connectivity index (χ1n) is 5.26. The number of rotatable bonds is 3. The highest BCUT2D eigenvalue weighted by molar-refractivity contribution is 9.10. The third-order valence-electron chi connectivity index (χ3n) is 2.46. The molecule has 0 saturated heterocycles. The number of nitrogen functional groups attached to an aromatic ring is 1. The minimum atomic E-state index is -0.340. The molecule has 0 aliphatic rings. The monoisotopic (exact) mass is 326 g/mol. The Morgan fingerprint density at radius 1 is 1.22 bits per heavy atom. The highest BCUT2D eigenvalue weighted by Crippen LogP contribution is 2.29. The molecule has 3 N–H and O–H groups in total. The van der Waals surface area contributed by atoms with E-state index in [0.29, 0.717) is 15.8 Å². The van der Waals surface area contributed by atoms with E-state index in [-0.39, 0.29) is 5.82 Å². The van der Waals surface area contributed by atoms with Crippen LogP contribution in [0.1, 0.15) is 0 Å². The average Bonchev–Trinajstić information content (AvgIpc) is 2.37. The van der Waals surface area contributed by atoms with E-state index in [1.807, 2.05) is 30.5 Å². The third-order valence-corrected chi connectivity index (χ3v) is 3.81. The number of nitrogens with one attached hydrogen (secondary N) is 1. The standard InChI is InChI=1S/C13H12BrFN2S/c1-18-9-4-2-8(3-5-9)17-13-7-11(15)10(14)6-12(13)16/h2-7,17H,16H2,1H3. The zero-order valence-electron chi connectivity index (χ0n) is 9.71. The Labute approximate surface area is 118 Å². The second kappa shape index (κ2) is 5.63. The molecule has 0 aliphatic heterocycles. The molecule has 0 radical (unpaired) electrons. The van der Waals surface area contributed by atoms with Crippen LogP contribution in [0, 0.1) is 5.82 Å².